The number of fused-ring (bicyclic) bond motifs is 1. The Morgan fingerprint density at radius 2 is 1.87 bits per heavy atom. The molecule has 0 spiro atoms. The lowest BCUT2D eigenvalue weighted by molar-refractivity contribution is 0.0202. The van der Waals surface area contributed by atoms with Crippen LogP contribution in [0.4, 0.5) is 4.79 Å². The van der Waals surface area contributed by atoms with Crippen LogP contribution in [0.5, 0.6) is 5.75 Å². The van der Waals surface area contributed by atoms with Crippen LogP contribution in [-0.4, -0.2) is 60.9 Å². The molecule has 0 aromatic carbocycles. The van der Waals surface area contributed by atoms with Gasteiger partial charge in [0, 0.05) is 13.6 Å². The lowest BCUT2D eigenvalue weighted by atomic mass is 10.1. The third-order valence-electron chi connectivity index (χ3n) is 4.33. The molecule has 0 bridgehead atoms. The molecule has 0 radical (unpaired) electrons. The van der Waals surface area contributed by atoms with E-state index in [-0.39, 0.29) is 12.4 Å². The van der Waals surface area contributed by atoms with E-state index in [1.54, 1.807) is 20.8 Å². The molecule has 1 amide bonds. The van der Waals surface area contributed by atoms with Gasteiger partial charge in [0.05, 0.1) is 19.4 Å². The lowest BCUT2D eigenvalue weighted by Crippen LogP contribution is -2.39. The van der Waals surface area contributed by atoms with Gasteiger partial charge in [-0.2, -0.15) is 8.42 Å². The van der Waals surface area contributed by atoms with E-state index in [9.17, 15) is 22.8 Å². The number of hydrogen-bond acceptors (Lipinski definition) is 9. The van der Waals surface area contributed by atoms with Gasteiger partial charge in [-0.15, -0.1) is 0 Å². The van der Waals surface area contributed by atoms with Crippen molar-refractivity contribution in [3.63, 3.8) is 0 Å². The van der Waals surface area contributed by atoms with Crippen LogP contribution in [0.3, 0.4) is 0 Å². The third kappa shape index (κ3) is 5.49. The van der Waals surface area contributed by atoms with E-state index in [1.807, 2.05) is 0 Å². The van der Waals surface area contributed by atoms with Crippen molar-refractivity contribution in [1.82, 2.24) is 14.5 Å². The first-order valence-corrected chi connectivity index (χ1v) is 11.1. The number of carbonyl (C=O) groups is 2. The molecule has 168 valence electrons. The van der Waals surface area contributed by atoms with Gasteiger partial charge in [-0.05, 0) is 40.0 Å². The maximum Gasteiger partial charge on any atom is 0.410 e. The molecular formula is C18H27N3O8S. The van der Waals surface area contributed by atoms with E-state index in [0.29, 0.717) is 19.3 Å². The second-order valence-corrected chi connectivity index (χ2v) is 9.56. The van der Waals surface area contributed by atoms with Crippen LogP contribution in [0, 0.1) is 0 Å². The Bertz CT molecular complexity index is 994. The Morgan fingerprint density at radius 3 is 2.40 bits per heavy atom. The topological polar surface area (TPSA) is 134 Å². The number of nitrogens with zero attached hydrogens (tertiary/aromatic N) is 3. The Balaban J connectivity index is 2.66. The highest BCUT2D eigenvalue weighted by Gasteiger charge is 2.34. The first-order valence-electron chi connectivity index (χ1n) is 9.33. The first kappa shape index (κ1) is 23.6. The zero-order valence-electron chi connectivity index (χ0n) is 17.9. The summed E-state index contributed by atoms with van der Waals surface area (Å²) in [5.41, 5.74) is -2.13. The van der Waals surface area contributed by atoms with Crippen molar-refractivity contribution >= 4 is 22.2 Å². The molecule has 0 unspecified atom stereocenters. The van der Waals surface area contributed by atoms with Gasteiger partial charge in [0.2, 0.25) is 5.75 Å². The summed E-state index contributed by atoms with van der Waals surface area (Å²) in [7, 11) is -1.52. The molecule has 12 heteroatoms. The summed E-state index contributed by atoms with van der Waals surface area (Å²) in [4.78, 5) is 43.4. The predicted molar refractivity (Wildman–Crippen MR) is 106 cm³/mol. The Labute approximate surface area is 175 Å². The molecule has 0 fully saturated rings. The van der Waals surface area contributed by atoms with Crippen molar-refractivity contribution in [2.24, 2.45) is 0 Å². The van der Waals surface area contributed by atoms with Crippen LogP contribution >= 0.6 is 0 Å². The molecule has 2 heterocycles. The summed E-state index contributed by atoms with van der Waals surface area (Å²) >= 11 is 0. The highest BCUT2D eigenvalue weighted by atomic mass is 32.2. The standard InChI is InChI=1S/C18H27N3O8S/c1-18(2,3)28-17(24)20(4)11-9-7-8-10-21-14(11)19-12(16(23)27-5)13(15(21)22)29-30(6,25)26/h11H,7-10H2,1-6H3/t11-/m1/s1. The molecule has 1 aromatic heterocycles. The lowest BCUT2D eigenvalue weighted by Gasteiger charge is -2.30. The van der Waals surface area contributed by atoms with Gasteiger partial charge in [0.25, 0.3) is 5.56 Å². The van der Waals surface area contributed by atoms with Crippen molar-refractivity contribution in [3.05, 3.63) is 21.9 Å². The smallest absolute Gasteiger partial charge is 0.410 e. The monoisotopic (exact) mass is 445 g/mol. The number of methoxy groups -OCH3 is 1. The first-order chi connectivity index (χ1) is 13.7. The van der Waals surface area contributed by atoms with E-state index >= 15 is 0 Å². The average Bonchev–Trinajstić information content (AvgIpc) is 2.82. The predicted octanol–water partition coefficient (Wildman–Crippen LogP) is 1.46. The molecule has 1 aliphatic rings. The van der Waals surface area contributed by atoms with Crippen molar-refractivity contribution < 1.29 is 31.7 Å². The summed E-state index contributed by atoms with van der Waals surface area (Å²) in [5.74, 6) is -1.63. The van der Waals surface area contributed by atoms with Crippen molar-refractivity contribution in [2.45, 2.75) is 58.2 Å². The highest BCUT2D eigenvalue weighted by Crippen LogP contribution is 2.30. The summed E-state index contributed by atoms with van der Waals surface area (Å²) < 4.78 is 39.3. The van der Waals surface area contributed by atoms with Crippen LogP contribution in [0.2, 0.25) is 0 Å². The second-order valence-electron chi connectivity index (χ2n) is 7.99. The van der Waals surface area contributed by atoms with Gasteiger partial charge < -0.3 is 18.6 Å². The molecule has 2 rings (SSSR count). The van der Waals surface area contributed by atoms with Crippen LogP contribution in [0.1, 0.15) is 62.4 Å². The quantitative estimate of drug-likeness (QED) is 0.498. The number of ether oxygens (including phenoxy) is 2. The number of amides is 1. The van der Waals surface area contributed by atoms with Gasteiger partial charge in [0.15, 0.2) is 5.69 Å². The minimum Gasteiger partial charge on any atom is -0.464 e. The van der Waals surface area contributed by atoms with Crippen molar-refractivity contribution in [2.75, 3.05) is 20.4 Å². The molecule has 30 heavy (non-hydrogen) atoms. The number of rotatable bonds is 4. The molecule has 1 aliphatic heterocycles. The summed E-state index contributed by atoms with van der Waals surface area (Å²) in [6.45, 7) is 5.41. The summed E-state index contributed by atoms with van der Waals surface area (Å²) in [6, 6.07) is -0.675. The largest absolute Gasteiger partial charge is 0.464 e. The van der Waals surface area contributed by atoms with E-state index in [1.165, 1.54) is 16.5 Å². The zero-order chi connectivity index (χ0) is 22.9. The fraction of sp³-hybridized carbons (Fsp3) is 0.667. The van der Waals surface area contributed by atoms with E-state index < -0.39 is 50.8 Å². The fourth-order valence-electron chi connectivity index (χ4n) is 3.05. The second kappa shape index (κ2) is 8.62. The van der Waals surface area contributed by atoms with Crippen molar-refractivity contribution in [1.29, 1.82) is 0 Å². The van der Waals surface area contributed by atoms with E-state index in [4.69, 9.17) is 8.92 Å². The Hall–Kier alpha value is -2.63. The van der Waals surface area contributed by atoms with Gasteiger partial charge in [-0.3, -0.25) is 9.36 Å². The van der Waals surface area contributed by atoms with Crippen molar-refractivity contribution in [3.8, 4) is 5.75 Å². The van der Waals surface area contributed by atoms with Gasteiger partial charge >= 0.3 is 22.2 Å². The van der Waals surface area contributed by atoms with Crippen LogP contribution in [0.15, 0.2) is 4.79 Å². The third-order valence-corrected chi connectivity index (χ3v) is 4.80. The molecule has 0 saturated heterocycles. The normalized spacial score (nSPS) is 16.8. The molecule has 0 aliphatic carbocycles. The Kier molecular flexibility index (Phi) is 6.80. The highest BCUT2D eigenvalue weighted by molar-refractivity contribution is 7.86. The van der Waals surface area contributed by atoms with Crippen LogP contribution in [-0.2, 0) is 26.1 Å². The number of carbonyl (C=O) groups excluding carboxylic acids is 2. The minimum atomic E-state index is -4.11. The van der Waals surface area contributed by atoms with Gasteiger partial charge in [0.1, 0.15) is 11.4 Å². The molecule has 0 N–H and O–H groups in total. The molecular weight excluding hydrogens is 418 g/mol. The summed E-state index contributed by atoms with van der Waals surface area (Å²) in [6.07, 6.45) is 1.85. The maximum atomic E-state index is 13.0. The number of hydrogen-bond donors (Lipinski definition) is 0. The number of esters is 1. The maximum absolute atomic E-state index is 13.0. The van der Waals surface area contributed by atoms with Crippen LogP contribution in [0.25, 0.3) is 0 Å². The van der Waals surface area contributed by atoms with E-state index in [2.05, 4.69) is 9.72 Å². The minimum absolute atomic E-state index is 0.132. The zero-order valence-corrected chi connectivity index (χ0v) is 18.7. The molecule has 11 nitrogen and oxygen atoms in total. The molecule has 1 atom stereocenters. The molecule has 1 aromatic rings. The SMILES string of the molecule is COC(=O)c1nc2n(c(=O)c1OS(C)(=O)=O)CCCC[C@H]2N(C)C(=O)OC(C)(C)C. The van der Waals surface area contributed by atoms with E-state index in [0.717, 1.165) is 13.4 Å². The van der Waals surface area contributed by atoms with Crippen LogP contribution < -0.4 is 9.74 Å². The number of aromatic nitrogens is 2. The Morgan fingerprint density at radius 1 is 1.23 bits per heavy atom. The summed E-state index contributed by atoms with van der Waals surface area (Å²) in [5, 5.41) is 0. The fourth-order valence-corrected chi connectivity index (χ4v) is 3.50. The van der Waals surface area contributed by atoms with Gasteiger partial charge in [-0.25, -0.2) is 14.6 Å². The van der Waals surface area contributed by atoms with Gasteiger partial charge in [-0.1, -0.05) is 0 Å². The average molecular weight is 445 g/mol. The molecule has 0 saturated carbocycles.